The Morgan fingerprint density at radius 2 is 1.38 bits per heavy atom. The van der Waals surface area contributed by atoms with E-state index in [1.54, 1.807) is 20.4 Å². The Labute approximate surface area is 137 Å². The van der Waals surface area contributed by atoms with Crippen molar-refractivity contribution in [1.29, 1.82) is 0 Å². The van der Waals surface area contributed by atoms with Gasteiger partial charge in [-0.25, -0.2) is 0 Å². The third-order valence-corrected chi connectivity index (χ3v) is 22.3. The summed E-state index contributed by atoms with van der Waals surface area (Å²) in [7, 11) is 1.67. The van der Waals surface area contributed by atoms with Gasteiger partial charge in [0, 0.05) is 0 Å². The Bertz CT molecular complexity index is 232. The molecular formula is C18H38O2Sn. The van der Waals surface area contributed by atoms with Crippen LogP contribution in [0, 0.1) is 0 Å². The SMILES string of the molecule is CCC[CH2][Sn]([CH2]CCC)([CH2]CCC)[CH](C)/C=C/OCOC. The van der Waals surface area contributed by atoms with Gasteiger partial charge < -0.3 is 0 Å². The second-order valence-electron chi connectivity index (χ2n) is 6.36. The van der Waals surface area contributed by atoms with Crippen molar-refractivity contribution >= 4 is 18.4 Å². The van der Waals surface area contributed by atoms with E-state index >= 15 is 0 Å². The van der Waals surface area contributed by atoms with Crippen molar-refractivity contribution in [2.24, 2.45) is 0 Å². The van der Waals surface area contributed by atoms with E-state index in [1.807, 2.05) is 6.26 Å². The molecule has 0 heterocycles. The molecule has 0 aliphatic carbocycles. The Balaban J connectivity index is 4.85. The summed E-state index contributed by atoms with van der Waals surface area (Å²) in [5.74, 6) is 0. The number of hydrogen-bond acceptors (Lipinski definition) is 2. The predicted octanol–water partition coefficient (Wildman–Crippen LogP) is 6.36. The molecule has 0 amide bonds. The average Bonchev–Trinajstić information content (AvgIpc) is 2.51. The van der Waals surface area contributed by atoms with Crippen LogP contribution in [0.1, 0.15) is 66.2 Å². The van der Waals surface area contributed by atoms with Crippen molar-refractivity contribution in [3.8, 4) is 0 Å². The summed E-state index contributed by atoms with van der Waals surface area (Å²) < 4.78 is 15.8. The molecule has 0 aliphatic heterocycles. The zero-order valence-corrected chi connectivity index (χ0v) is 18.0. The van der Waals surface area contributed by atoms with E-state index in [0.717, 1.165) is 3.93 Å². The fourth-order valence-electron chi connectivity index (χ4n) is 3.13. The van der Waals surface area contributed by atoms with Gasteiger partial charge in [0.1, 0.15) is 0 Å². The van der Waals surface area contributed by atoms with Gasteiger partial charge in [0.2, 0.25) is 0 Å². The van der Waals surface area contributed by atoms with E-state index in [9.17, 15) is 0 Å². The number of ether oxygens (including phenoxy) is 2. The molecule has 2 nitrogen and oxygen atoms in total. The second-order valence-corrected chi connectivity index (χ2v) is 21.0. The maximum absolute atomic E-state index is 5.39. The summed E-state index contributed by atoms with van der Waals surface area (Å²) in [4.78, 5) is 0. The topological polar surface area (TPSA) is 18.5 Å². The molecule has 0 spiro atoms. The van der Waals surface area contributed by atoms with Crippen LogP contribution in [0.15, 0.2) is 12.3 Å². The van der Waals surface area contributed by atoms with Crippen LogP contribution in [-0.2, 0) is 9.47 Å². The molecule has 0 aromatic carbocycles. The molecular weight excluding hydrogens is 367 g/mol. The first-order chi connectivity index (χ1) is 10.2. The molecule has 3 heteroatoms. The van der Waals surface area contributed by atoms with E-state index < -0.39 is 18.4 Å². The van der Waals surface area contributed by atoms with Crippen molar-refractivity contribution in [1.82, 2.24) is 0 Å². The summed E-state index contributed by atoms with van der Waals surface area (Å²) in [6.45, 7) is 9.82. The van der Waals surface area contributed by atoms with E-state index in [-0.39, 0.29) is 0 Å². The standard InChI is InChI=1S/C6H11O2.3C4H9.Sn/c1-3-4-5-8-6-7-2;3*1-3-4-2;/h3-5H,6H2,1-2H3;3*1,3-4H2,2H3;/b5-4+;;;;. The number of allylic oxidation sites excluding steroid dienone is 1. The van der Waals surface area contributed by atoms with Crippen LogP contribution in [0.5, 0.6) is 0 Å². The molecule has 0 saturated heterocycles. The van der Waals surface area contributed by atoms with Gasteiger partial charge in [0.05, 0.1) is 0 Å². The summed E-state index contributed by atoms with van der Waals surface area (Å²) in [6.07, 6.45) is 12.6. The Hall–Kier alpha value is 0.299. The monoisotopic (exact) mass is 406 g/mol. The summed E-state index contributed by atoms with van der Waals surface area (Å²) >= 11 is -2.09. The zero-order chi connectivity index (χ0) is 16.0. The van der Waals surface area contributed by atoms with Crippen molar-refractivity contribution in [3.63, 3.8) is 0 Å². The maximum atomic E-state index is 5.39. The molecule has 0 aromatic rings. The summed E-state index contributed by atoms with van der Waals surface area (Å²) in [6, 6.07) is 0. The quantitative estimate of drug-likeness (QED) is 0.145. The molecule has 21 heavy (non-hydrogen) atoms. The molecule has 0 rings (SSSR count). The zero-order valence-electron chi connectivity index (χ0n) is 15.1. The molecule has 0 aromatic heterocycles. The normalized spacial score (nSPS) is 13.8. The molecule has 0 fully saturated rings. The van der Waals surface area contributed by atoms with Crippen LogP contribution in [0.2, 0.25) is 17.2 Å². The Morgan fingerprint density at radius 3 is 1.76 bits per heavy atom. The first-order valence-electron chi connectivity index (χ1n) is 8.94. The van der Waals surface area contributed by atoms with Crippen LogP contribution in [-0.4, -0.2) is 32.3 Å². The van der Waals surface area contributed by atoms with Crippen molar-refractivity contribution in [2.45, 2.75) is 83.5 Å². The first kappa shape index (κ1) is 21.3. The van der Waals surface area contributed by atoms with Gasteiger partial charge in [-0.2, -0.15) is 0 Å². The Morgan fingerprint density at radius 1 is 0.905 bits per heavy atom. The van der Waals surface area contributed by atoms with Gasteiger partial charge in [-0.1, -0.05) is 0 Å². The fourth-order valence-corrected chi connectivity index (χ4v) is 19.6. The van der Waals surface area contributed by atoms with Crippen molar-refractivity contribution < 1.29 is 9.47 Å². The molecule has 0 aliphatic rings. The van der Waals surface area contributed by atoms with Gasteiger partial charge in [0.15, 0.2) is 0 Å². The van der Waals surface area contributed by atoms with Crippen LogP contribution < -0.4 is 0 Å². The van der Waals surface area contributed by atoms with Crippen LogP contribution in [0.4, 0.5) is 0 Å². The molecule has 126 valence electrons. The third kappa shape index (κ3) is 9.12. The fraction of sp³-hybridized carbons (Fsp3) is 0.889. The second kappa shape index (κ2) is 13.9. The minimum atomic E-state index is -2.09. The van der Waals surface area contributed by atoms with Crippen molar-refractivity contribution in [2.75, 3.05) is 13.9 Å². The first-order valence-corrected chi connectivity index (χ1v) is 16.6. The molecule has 0 N–H and O–H groups in total. The Kier molecular flexibility index (Phi) is 14.1. The molecule has 0 radical (unpaired) electrons. The summed E-state index contributed by atoms with van der Waals surface area (Å²) in [5, 5.41) is 0. The van der Waals surface area contributed by atoms with Gasteiger partial charge in [-0.3, -0.25) is 0 Å². The number of hydrogen-bond donors (Lipinski definition) is 0. The average molecular weight is 405 g/mol. The number of unbranched alkanes of at least 4 members (excludes halogenated alkanes) is 3. The van der Waals surface area contributed by atoms with Gasteiger partial charge >= 0.3 is 138 Å². The summed E-state index contributed by atoms with van der Waals surface area (Å²) in [5.41, 5.74) is 0. The van der Waals surface area contributed by atoms with Gasteiger partial charge in [0.25, 0.3) is 0 Å². The molecule has 0 bridgehead atoms. The predicted molar refractivity (Wildman–Crippen MR) is 96.4 cm³/mol. The molecule has 1 unspecified atom stereocenters. The third-order valence-electron chi connectivity index (χ3n) is 4.70. The van der Waals surface area contributed by atoms with E-state index in [1.165, 1.54) is 38.5 Å². The number of methoxy groups -OCH3 is 1. The van der Waals surface area contributed by atoms with E-state index in [4.69, 9.17) is 9.47 Å². The molecule has 1 atom stereocenters. The van der Waals surface area contributed by atoms with Crippen LogP contribution in [0.3, 0.4) is 0 Å². The number of rotatable bonds is 14. The van der Waals surface area contributed by atoms with E-state index in [0.29, 0.717) is 6.79 Å². The van der Waals surface area contributed by atoms with Gasteiger partial charge in [-0.15, -0.1) is 0 Å². The van der Waals surface area contributed by atoms with Crippen LogP contribution in [0.25, 0.3) is 0 Å². The van der Waals surface area contributed by atoms with E-state index in [2.05, 4.69) is 33.8 Å². The minimum absolute atomic E-state index is 0.366. The molecule has 0 saturated carbocycles. The van der Waals surface area contributed by atoms with Crippen molar-refractivity contribution in [3.05, 3.63) is 12.3 Å². The van der Waals surface area contributed by atoms with Gasteiger partial charge in [-0.05, 0) is 0 Å². The van der Waals surface area contributed by atoms with Crippen LogP contribution >= 0.6 is 0 Å².